The van der Waals surface area contributed by atoms with Gasteiger partial charge in [-0.05, 0) is 44.6 Å². The SMILES string of the molecule is CCOC(=O)C1=C(CN2CCN(Cc3nc4sc5c(c4c(=O)[nH]3)CCCC5)CC2)NC(=O)NC1CC. The van der Waals surface area contributed by atoms with Crippen molar-refractivity contribution in [2.45, 2.75) is 58.5 Å². The van der Waals surface area contributed by atoms with Gasteiger partial charge in [0.05, 0.1) is 30.2 Å². The topological polar surface area (TPSA) is 120 Å². The number of hydrogen-bond donors (Lipinski definition) is 3. The quantitative estimate of drug-likeness (QED) is 0.483. The maximum atomic E-state index is 12.9. The lowest BCUT2D eigenvalue weighted by Gasteiger charge is -2.36. The van der Waals surface area contributed by atoms with Gasteiger partial charge in [0.2, 0.25) is 0 Å². The van der Waals surface area contributed by atoms with Gasteiger partial charge in [-0.25, -0.2) is 14.6 Å². The number of rotatable bonds is 7. The van der Waals surface area contributed by atoms with Crippen LogP contribution in [0, 0.1) is 0 Å². The number of urea groups is 1. The number of nitrogens with zero attached hydrogens (tertiary/aromatic N) is 3. The molecule has 0 bridgehead atoms. The number of carbonyl (C=O) groups excluding carboxylic acids is 2. The van der Waals surface area contributed by atoms with Crippen molar-refractivity contribution in [3.05, 3.63) is 37.9 Å². The van der Waals surface area contributed by atoms with Crippen LogP contribution in [0.15, 0.2) is 16.1 Å². The Kier molecular flexibility index (Phi) is 7.40. The third-order valence-corrected chi connectivity index (χ3v) is 8.43. The zero-order chi connectivity index (χ0) is 25.2. The minimum Gasteiger partial charge on any atom is -0.463 e. The summed E-state index contributed by atoms with van der Waals surface area (Å²) in [5.74, 6) is 0.328. The molecule has 1 unspecified atom stereocenters. The predicted octanol–water partition coefficient (Wildman–Crippen LogP) is 1.89. The zero-order valence-electron chi connectivity index (χ0n) is 20.9. The molecule has 36 heavy (non-hydrogen) atoms. The molecule has 3 N–H and O–H groups in total. The van der Waals surface area contributed by atoms with Crippen molar-refractivity contribution in [2.24, 2.45) is 0 Å². The van der Waals surface area contributed by atoms with Gasteiger partial charge in [-0.2, -0.15) is 0 Å². The summed E-state index contributed by atoms with van der Waals surface area (Å²) in [5, 5.41) is 6.45. The maximum Gasteiger partial charge on any atom is 0.337 e. The lowest BCUT2D eigenvalue weighted by molar-refractivity contribution is -0.139. The number of thiophene rings is 1. The molecule has 0 spiro atoms. The number of aromatic nitrogens is 2. The van der Waals surface area contributed by atoms with Crippen molar-refractivity contribution in [1.82, 2.24) is 30.4 Å². The Hall–Kier alpha value is -2.76. The summed E-state index contributed by atoms with van der Waals surface area (Å²) in [5.41, 5.74) is 2.33. The largest absolute Gasteiger partial charge is 0.463 e. The molecule has 0 saturated carbocycles. The van der Waals surface area contributed by atoms with E-state index in [1.807, 2.05) is 6.92 Å². The summed E-state index contributed by atoms with van der Waals surface area (Å²) in [7, 11) is 0. The Morgan fingerprint density at radius 3 is 2.53 bits per heavy atom. The summed E-state index contributed by atoms with van der Waals surface area (Å²) in [6.45, 7) is 8.23. The first-order valence-electron chi connectivity index (χ1n) is 12.9. The monoisotopic (exact) mass is 514 g/mol. The molecule has 1 fully saturated rings. The molecule has 4 heterocycles. The number of carbonyl (C=O) groups is 2. The first kappa shape index (κ1) is 24.9. The molecule has 0 aromatic carbocycles. The second-order valence-electron chi connectivity index (χ2n) is 9.63. The van der Waals surface area contributed by atoms with Gasteiger partial charge in [0.1, 0.15) is 10.7 Å². The molecule has 5 rings (SSSR count). The van der Waals surface area contributed by atoms with E-state index in [0.29, 0.717) is 36.6 Å². The number of aryl methyl sites for hydroxylation is 2. The van der Waals surface area contributed by atoms with Crippen LogP contribution in [0.2, 0.25) is 0 Å². The van der Waals surface area contributed by atoms with Crippen molar-refractivity contribution in [2.75, 3.05) is 39.3 Å². The minimum atomic E-state index is -0.383. The number of H-pyrrole nitrogens is 1. The van der Waals surface area contributed by atoms with Gasteiger partial charge < -0.3 is 20.4 Å². The molecular weight excluding hydrogens is 480 g/mol. The molecule has 0 radical (unpaired) electrons. The van der Waals surface area contributed by atoms with Gasteiger partial charge in [-0.3, -0.25) is 14.6 Å². The Morgan fingerprint density at radius 2 is 1.81 bits per heavy atom. The van der Waals surface area contributed by atoms with E-state index in [0.717, 1.165) is 55.7 Å². The number of nitrogens with one attached hydrogen (secondary N) is 3. The molecular formula is C25H34N6O4S. The number of piperazine rings is 1. The molecule has 1 aliphatic carbocycles. The molecule has 2 aromatic rings. The Labute approximate surface area is 214 Å². The van der Waals surface area contributed by atoms with Gasteiger partial charge >= 0.3 is 12.0 Å². The van der Waals surface area contributed by atoms with E-state index in [1.54, 1.807) is 18.3 Å². The first-order valence-corrected chi connectivity index (χ1v) is 13.7. The molecule has 1 saturated heterocycles. The van der Waals surface area contributed by atoms with Crippen molar-refractivity contribution >= 4 is 33.6 Å². The summed E-state index contributed by atoms with van der Waals surface area (Å²) in [6.07, 6.45) is 4.97. The van der Waals surface area contributed by atoms with Crippen molar-refractivity contribution in [3.8, 4) is 0 Å². The second-order valence-corrected chi connectivity index (χ2v) is 10.7. The summed E-state index contributed by atoms with van der Waals surface area (Å²) in [6, 6.07) is -0.640. The molecule has 2 aromatic heterocycles. The third-order valence-electron chi connectivity index (χ3n) is 7.24. The van der Waals surface area contributed by atoms with E-state index < -0.39 is 0 Å². The number of aromatic amines is 1. The van der Waals surface area contributed by atoms with E-state index in [2.05, 4.69) is 25.4 Å². The highest BCUT2D eigenvalue weighted by atomic mass is 32.1. The van der Waals surface area contributed by atoms with E-state index in [9.17, 15) is 14.4 Å². The van der Waals surface area contributed by atoms with Crippen molar-refractivity contribution in [1.29, 1.82) is 0 Å². The first-order chi connectivity index (χ1) is 17.5. The second kappa shape index (κ2) is 10.7. The fraction of sp³-hybridized carbons (Fsp3) is 0.600. The average Bonchev–Trinajstić information content (AvgIpc) is 3.24. The van der Waals surface area contributed by atoms with E-state index in [4.69, 9.17) is 9.72 Å². The molecule has 3 aliphatic rings. The van der Waals surface area contributed by atoms with Gasteiger partial charge in [-0.1, -0.05) is 6.92 Å². The van der Waals surface area contributed by atoms with Gasteiger partial charge in [0.25, 0.3) is 5.56 Å². The van der Waals surface area contributed by atoms with Crippen LogP contribution < -0.4 is 16.2 Å². The average molecular weight is 515 g/mol. The number of hydrogen-bond acceptors (Lipinski definition) is 8. The van der Waals surface area contributed by atoms with Crippen LogP contribution in [0.4, 0.5) is 4.79 Å². The molecule has 11 heteroatoms. The van der Waals surface area contributed by atoms with Crippen molar-refractivity contribution in [3.63, 3.8) is 0 Å². The van der Waals surface area contributed by atoms with E-state index in [-0.39, 0.29) is 30.2 Å². The van der Waals surface area contributed by atoms with Gasteiger partial charge in [0.15, 0.2) is 0 Å². The zero-order valence-corrected chi connectivity index (χ0v) is 21.8. The Balaban J connectivity index is 1.25. The summed E-state index contributed by atoms with van der Waals surface area (Å²) in [4.78, 5) is 52.2. The van der Waals surface area contributed by atoms with Gasteiger partial charge in [-0.15, -0.1) is 11.3 Å². The Bertz CT molecular complexity index is 1240. The van der Waals surface area contributed by atoms with Gasteiger partial charge in [0, 0.05) is 43.3 Å². The van der Waals surface area contributed by atoms with Crippen LogP contribution in [0.1, 0.15) is 49.4 Å². The number of ether oxygens (including phenoxy) is 1. The predicted molar refractivity (Wildman–Crippen MR) is 138 cm³/mol. The van der Waals surface area contributed by atoms with Crippen LogP contribution in [0.3, 0.4) is 0 Å². The van der Waals surface area contributed by atoms with Crippen LogP contribution in [-0.4, -0.2) is 77.1 Å². The van der Waals surface area contributed by atoms with Crippen LogP contribution in [0.25, 0.3) is 10.2 Å². The number of fused-ring (bicyclic) bond motifs is 3. The van der Waals surface area contributed by atoms with Crippen LogP contribution in [0.5, 0.6) is 0 Å². The van der Waals surface area contributed by atoms with Crippen LogP contribution >= 0.6 is 11.3 Å². The van der Waals surface area contributed by atoms with E-state index in [1.165, 1.54) is 16.9 Å². The highest BCUT2D eigenvalue weighted by Crippen LogP contribution is 2.33. The van der Waals surface area contributed by atoms with E-state index >= 15 is 0 Å². The molecule has 194 valence electrons. The van der Waals surface area contributed by atoms with Crippen LogP contribution in [-0.2, 0) is 28.9 Å². The molecule has 1 atom stereocenters. The normalized spacial score (nSPS) is 21.3. The van der Waals surface area contributed by atoms with Crippen molar-refractivity contribution < 1.29 is 14.3 Å². The fourth-order valence-corrected chi connectivity index (χ4v) is 6.69. The molecule has 2 aliphatic heterocycles. The third kappa shape index (κ3) is 5.05. The minimum absolute atomic E-state index is 0.0152. The highest BCUT2D eigenvalue weighted by molar-refractivity contribution is 7.18. The molecule has 2 amide bonds. The number of esters is 1. The number of amides is 2. The lowest BCUT2D eigenvalue weighted by Crippen LogP contribution is -2.54. The smallest absolute Gasteiger partial charge is 0.337 e. The summed E-state index contributed by atoms with van der Waals surface area (Å²) >= 11 is 1.68. The fourth-order valence-electron chi connectivity index (χ4n) is 5.41. The molecule has 10 nitrogen and oxygen atoms in total. The maximum absolute atomic E-state index is 12.9. The Morgan fingerprint density at radius 1 is 1.08 bits per heavy atom. The lowest BCUT2D eigenvalue weighted by atomic mass is 9.97. The summed E-state index contributed by atoms with van der Waals surface area (Å²) < 4.78 is 5.27. The highest BCUT2D eigenvalue weighted by Gasteiger charge is 2.32. The standard InChI is InChI=1S/C25H34N6O4S/c1-3-16-21(24(33)35-4-2)17(27-25(34)26-16)13-30-9-11-31(12-10-30)14-19-28-22(32)20-15-7-5-6-8-18(15)36-23(20)29-19/h16H,3-14H2,1-2H3,(H2,26,27,34)(H,28,29,32).